The molecule has 1 aromatic heterocycles. The number of hydrogen-bond acceptors (Lipinski definition) is 5. The molecule has 1 amide bonds. The molecule has 2 heterocycles. The van der Waals surface area contributed by atoms with Crippen LogP contribution in [0.4, 0.5) is 5.69 Å². The minimum Gasteiger partial charge on any atom is -0.495 e. The number of hydrogen-bond donors (Lipinski definition) is 1. The summed E-state index contributed by atoms with van der Waals surface area (Å²) in [6.45, 7) is 0.635. The summed E-state index contributed by atoms with van der Waals surface area (Å²) in [4.78, 5) is 12.2. The van der Waals surface area contributed by atoms with Crippen molar-refractivity contribution in [2.75, 3.05) is 19.0 Å². The van der Waals surface area contributed by atoms with Crippen molar-refractivity contribution in [1.29, 1.82) is 0 Å². The van der Waals surface area contributed by atoms with Gasteiger partial charge < -0.3 is 14.8 Å². The van der Waals surface area contributed by atoms with Gasteiger partial charge in [0, 0.05) is 6.61 Å². The van der Waals surface area contributed by atoms with Crippen molar-refractivity contribution >= 4 is 11.6 Å². The molecular weight excluding hydrogens is 272 g/mol. The molecule has 0 bridgehead atoms. The van der Waals surface area contributed by atoms with Crippen LogP contribution in [0.5, 0.6) is 5.75 Å². The number of anilines is 1. The lowest BCUT2D eigenvalue weighted by Gasteiger charge is -2.14. The third-order valence-electron chi connectivity index (χ3n) is 3.38. The summed E-state index contributed by atoms with van der Waals surface area (Å²) in [5.41, 5.74) is 1.44. The second kappa shape index (κ2) is 5.92. The number of ether oxygens (including phenoxy) is 2. The summed E-state index contributed by atoms with van der Waals surface area (Å²) in [7, 11) is 1.56. The van der Waals surface area contributed by atoms with E-state index in [4.69, 9.17) is 9.47 Å². The second-order valence-electron chi connectivity index (χ2n) is 4.74. The van der Waals surface area contributed by atoms with E-state index in [0.29, 0.717) is 18.0 Å². The predicted octanol–water partition coefficient (Wildman–Crippen LogP) is 1.39. The zero-order valence-corrected chi connectivity index (χ0v) is 11.7. The van der Waals surface area contributed by atoms with Crippen LogP contribution in [-0.2, 0) is 9.53 Å². The first kappa shape index (κ1) is 13.6. The molecule has 110 valence electrons. The monoisotopic (exact) mass is 288 g/mol. The van der Waals surface area contributed by atoms with Crippen molar-refractivity contribution in [1.82, 2.24) is 14.8 Å². The lowest BCUT2D eigenvalue weighted by Crippen LogP contribution is -2.27. The van der Waals surface area contributed by atoms with Gasteiger partial charge >= 0.3 is 0 Å². The maximum atomic E-state index is 12.2. The van der Waals surface area contributed by atoms with Crippen LogP contribution in [0.1, 0.15) is 12.8 Å². The summed E-state index contributed by atoms with van der Waals surface area (Å²) in [5.74, 6) is 0.449. The summed E-state index contributed by atoms with van der Waals surface area (Å²) in [6.07, 6.45) is 4.46. The molecule has 1 aromatic carbocycles. The Bertz CT molecular complexity index is 621. The quantitative estimate of drug-likeness (QED) is 0.920. The molecule has 1 fully saturated rings. The Morgan fingerprint density at radius 2 is 2.24 bits per heavy atom. The van der Waals surface area contributed by atoms with Crippen LogP contribution in [0.3, 0.4) is 0 Å². The van der Waals surface area contributed by atoms with Gasteiger partial charge in [0.1, 0.15) is 24.5 Å². The van der Waals surface area contributed by atoms with Gasteiger partial charge in [0.25, 0.3) is 5.91 Å². The van der Waals surface area contributed by atoms with Crippen LogP contribution in [-0.4, -0.2) is 40.5 Å². The van der Waals surface area contributed by atoms with Crippen molar-refractivity contribution in [3.63, 3.8) is 0 Å². The predicted molar refractivity (Wildman–Crippen MR) is 75.5 cm³/mol. The number of carbonyl (C=O) groups is 1. The van der Waals surface area contributed by atoms with E-state index in [1.54, 1.807) is 30.4 Å². The smallest absolute Gasteiger partial charge is 0.253 e. The van der Waals surface area contributed by atoms with Crippen LogP contribution in [0.2, 0.25) is 0 Å². The molecule has 7 heteroatoms. The van der Waals surface area contributed by atoms with Gasteiger partial charge in [-0.1, -0.05) is 0 Å². The van der Waals surface area contributed by atoms with Crippen molar-refractivity contribution in [3.8, 4) is 11.4 Å². The summed E-state index contributed by atoms with van der Waals surface area (Å²) < 4.78 is 12.4. The van der Waals surface area contributed by atoms with E-state index in [2.05, 4.69) is 15.5 Å². The Kier molecular flexibility index (Phi) is 3.83. The molecule has 0 radical (unpaired) electrons. The van der Waals surface area contributed by atoms with Gasteiger partial charge in [-0.25, -0.2) is 0 Å². The fourth-order valence-electron chi connectivity index (χ4n) is 2.29. The fourth-order valence-corrected chi connectivity index (χ4v) is 2.29. The Hall–Kier alpha value is -2.41. The SMILES string of the molecule is COc1ccc(-n2cnnc2)cc1NC(=O)[C@H]1CCCO1. The summed E-state index contributed by atoms with van der Waals surface area (Å²) >= 11 is 0. The first-order valence-electron chi connectivity index (χ1n) is 6.73. The van der Waals surface area contributed by atoms with E-state index in [1.807, 2.05) is 12.1 Å². The molecule has 0 spiro atoms. The van der Waals surface area contributed by atoms with Gasteiger partial charge in [-0.2, -0.15) is 0 Å². The molecule has 0 unspecified atom stereocenters. The average Bonchev–Trinajstić information content (AvgIpc) is 3.20. The highest BCUT2D eigenvalue weighted by atomic mass is 16.5. The molecule has 1 N–H and O–H groups in total. The Morgan fingerprint density at radius 1 is 1.43 bits per heavy atom. The average molecular weight is 288 g/mol. The first-order valence-corrected chi connectivity index (χ1v) is 6.73. The number of methoxy groups -OCH3 is 1. The zero-order valence-electron chi connectivity index (χ0n) is 11.7. The highest BCUT2D eigenvalue weighted by Crippen LogP contribution is 2.28. The zero-order chi connectivity index (χ0) is 14.7. The highest BCUT2D eigenvalue weighted by Gasteiger charge is 2.24. The topological polar surface area (TPSA) is 78.3 Å². The van der Waals surface area contributed by atoms with E-state index in [-0.39, 0.29) is 12.0 Å². The Balaban J connectivity index is 1.85. The number of nitrogens with one attached hydrogen (secondary N) is 1. The van der Waals surface area contributed by atoms with Gasteiger partial charge in [-0.05, 0) is 31.0 Å². The van der Waals surface area contributed by atoms with Gasteiger partial charge in [0.15, 0.2) is 0 Å². The summed E-state index contributed by atoms with van der Waals surface area (Å²) in [5, 5.41) is 10.4. The van der Waals surface area contributed by atoms with Crippen LogP contribution in [0.15, 0.2) is 30.9 Å². The van der Waals surface area contributed by atoms with E-state index >= 15 is 0 Å². The standard InChI is InChI=1S/C14H16N4O3/c1-20-12-5-4-10(18-8-15-16-9-18)7-11(12)17-14(19)13-3-2-6-21-13/h4-5,7-9,13H,2-3,6H2,1H3,(H,17,19)/t13-/m1/s1. The lowest BCUT2D eigenvalue weighted by molar-refractivity contribution is -0.124. The number of amides is 1. The molecular formula is C14H16N4O3. The van der Waals surface area contributed by atoms with E-state index in [9.17, 15) is 4.79 Å². The van der Waals surface area contributed by atoms with Gasteiger partial charge in [-0.15, -0.1) is 10.2 Å². The van der Waals surface area contributed by atoms with Crippen LogP contribution in [0.25, 0.3) is 5.69 Å². The molecule has 0 saturated carbocycles. The van der Waals surface area contributed by atoms with E-state index in [0.717, 1.165) is 18.5 Å². The molecule has 1 saturated heterocycles. The number of benzene rings is 1. The molecule has 7 nitrogen and oxygen atoms in total. The lowest BCUT2D eigenvalue weighted by atomic mass is 10.2. The largest absolute Gasteiger partial charge is 0.495 e. The molecule has 2 aromatic rings. The minimum absolute atomic E-state index is 0.147. The van der Waals surface area contributed by atoms with Gasteiger partial charge in [0.2, 0.25) is 0 Å². The summed E-state index contributed by atoms with van der Waals surface area (Å²) in [6, 6.07) is 5.47. The normalized spacial score (nSPS) is 17.7. The molecule has 1 atom stereocenters. The van der Waals surface area contributed by atoms with Crippen LogP contribution < -0.4 is 10.1 Å². The molecule has 1 aliphatic heterocycles. The number of rotatable bonds is 4. The van der Waals surface area contributed by atoms with E-state index in [1.165, 1.54) is 0 Å². The Labute approximate surface area is 121 Å². The highest BCUT2D eigenvalue weighted by molar-refractivity contribution is 5.95. The molecule has 0 aliphatic carbocycles. The fraction of sp³-hybridized carbons (Fsp3) is 0.357. The molecule has 21 heavy (non-hydrogen) atoms. The van der Waals surface area contributed by atoms with Crippen molar-refractivity contribution in [2.24, 2.45) is 0 Å². The number of carbonyl (C=O) groups excluding carboxylic acids is 1. The van der Waals surface area contributed by atoms with Crippen molar-refractivity contribution < 1.29 is 14.3 Å². The number of aromatic nitrogens is 3. The van der Waals surface area contributed by atoms with E-state index < -0.39 is 0 Å². The maximum absolute atomic E-state index is 12.2. The third kappa shape index (κ3) is 2.87. The first-order chi connectivity index (χ1) is 10.3. The molecule has 3 rings (SSSR count). The van der Waals surface area contributed by atoms with Crippen molar-refractivity contribution in [2.45, 2.75) is 18.9 Å². The van der Waals surface area contributed by atoms with Crippen molar-refractivity contribution in [3.05, 3.63) is 30.9 Å². The minimum atomic E-state index is -0.381. The van der Waals surface area contributed by atoms with Crippen LogP contribution >= 0.6 is 0 Å². The number of nitrogens with zero attached hydrogens (tertiary/aromatic N) is 3. The van der Waals surface area contributed by atoms with Crippen LogP contribution in [0, 0.1) is 0 Å². The third-order valence-corrected chi connectivity index (χ3v) is 3.38. The molecule has 1 aliphatic rings. The van der Waals surface area contributed by atoms with Gasteiger partial charge in [0.05, 0.1) is 18.5 Å². The second-order valence-corrected chi connectivity index (χ2v) is 4.74. The maximum Gasteiger partial charge on any atom is 0.253 e. The van der Waals surface area contributed by atoms with Gasteiger partial charge in [-0.3, -0.25) is 9.36 Å². The Morgan fingerprint density at radius 3 is 2.90 bits per heavy atom.